The number of carbonyl (C=O) groups is 1. The maximum absolute atomic E-state index is 11.0. The van der Waals surface area contributed by atoms with Crippen molar-refractivity contribution in [1.29, 1.82) is 0 Å². The predicted octanol–water partition coefficient (Wildman–Crippen LogP) is 4.04. The Morgan fingerprint density at radius 1 is 1.24 bits per heavy atom. The Morgan fingerprint density at radius 3 is 2.43 bits per heavy atom. The summed E-state index contributed by atoms with van der Waals surface area (Å²) in [4.78, 5) is 26.7. The SMILES string of the molecule is Br.CC(=O)Nc1cc([As](=O)(O)O)ccc1O.CCCCc1ncc(C(C[N+](=O)[O-])c2ccc(Cl)cc2)s1. The first-order chi connectivity index (χ1) is 16.9. The number of aromatic hydroxyl groups is 1. The van der Waals surface area contributed by atoms with Gasteiger partial charge < -0.3 is 0 Å². The molecule has 3 rings (SSSR count). The third kappa shape index (κ3) is 11.0. The van der Waals surface area contributed by atoms with Gasteiger partial charge in [0.1, 0.15) is 0 Å². The summed E-state index contributed by atoms with van der Waals surface area (Å²) < 4.78 is 28.6. The number of benzene rings is 2. The molecule has 2 aromatic carbocycles. The summed E-state index contributed by atoms with van der Waals surface area (Å²) in [7, 11) is 0. The summed E-state index contributed by atoms with van der Waals surface area (Å²) in [6.07, 6.45) is 4.92. The Bertz CT molecular complexity index is 1240. The molecular formula is C23H28AsBrClN3O7S. The summed E-state index contributed by atoms with van der Waals surface area (Å²) in [5.74, 6) is -0.927. The molecule has 14 heteroatoms. The number of phenolic OH excluding ortho intramolecular Hbond substituents is 1. The number of thiazole rings is 1. The molecule has 1 heterocycles. The van der Waals surface area contributed by atoms with Gasteiger partial charge in [-0.3, -0.25) is 10.1 Å². The Kier molecular flexibility index (Phi) is 13.5. The fourth-order valence-corrected chi connectivity index (χ4v) is 5.52. The number of unbranched alkanes of at least 4 members (excludes halogenated alkanes) is 1. The van der Waals surface area contributed by atoms with E-state index >= 15 is 0 Å². The molecule has 1 aromatic heterocycles. The molecule has 10 nitrogen and oxygen atoms in total. The van der Waals surface area contributed by atoms with E-state index in [9.17, 15) is 23.8 Å². The van der Waals surface area contributed by atoms with E-state index in [1.54, 1.807) is 29.7 Å². The Morgan fingerprint density at radius 2 is 1.89 bits per heavy atom. The van der Waals surface area contributed by atoms with E-state index in [0.717, 1.165) is 52.9 Å². The maximum atomic E-state index is 11.0. The van der Waals surface area contributed by atoms with Gasteiger partial charge >= 0.3 is 88.1 Å². The van der Waals surface area contributed by atoms with E-state index in [4.69, 9.17) is 19.8 Å². The maximum Gasteiger partial charge on any atom is 0.215 e. The molecule has 0 spiro atoms. The number of anilines is 1. The van der Waals surface area contributed by atoms with Crippen LogP contribution in [0.25, 0.3) is 0 Å². The average Bonchev–Trinajstić information content (AvgIpc) is 3.26. The van der Waals surface area contributed by atoms with E-state index < -0.39 is 20.1 Å². The second kappa shape index (κ2) is 15.3. The smallest absolute Gasteiger partial charge is 0.215 e. The first kappa shape index (κ1) is 32.8. The van der Waals surface area contributed by atoms with Crippen LogP contribution in [0.2, 0.25) is 5.02 Å². The second-order valence-corrected chi connectivity index (χ2v) is 12.8. The summed E-state index contributed by atoms with van der Waals surface area (Å²) in [5, 5.41) is 24.2. The molecule has 0 aliphatic heterocycles. The van der Waals surface area contributed by atoms with Gasteiger partial charge in [-0.1, -0.05) is 37.1 Å². The number of hydrogen-bond donors (Lipinski definition) is 4. The molecule has 202 valence electrons. The topological polar surface area (TPSA) is 163 Å². The molecule has 0 radical (unpaired) electrons. The van der Waals surface area contributed by atoms with Gasteiger partial charge in [-0.25, -0.2) is 4.98 Å². The van der Waals surface area contributed by atoms with Crippen LogP contribution >= 0.6 is 39.9 Å². The minimum atomic E-state index is -4.98. The van der Waals surface area contributed by atoms with Crippen molar-refractivity contribution in [2.75, 3.05) is 11.9 Å². The summed E-state index contributed by atoms with van der Waals surface area (Å²) in [6, 6.07) is 10.5. The molecule has 0 fully saturated rings. The zero-order chi connectivity index (χ0) is 26.9. The van der Waals surface area contributed by atoms with E-state index in [2.05, 4.69) is 17.2 Å². The van der Waals surface area contributed by atoms with Gasteiger partial charge in [-0.05, 0) is 30.5 Å². The van der Waals surface area contributed by atoms with Gasteiger partial charge in [0.25, 0.3) is 0 Å². The Balaban J connectivity index is 0.000000381. The molecule has 4 N–H and O–H groups in total. The van der Waals surface area contributed by atoms with Crippen molar-refractivity contribution >= 4 is 70.0 Å². The van der Waals surface area contributed by atoms with E-state index in [1.807, 2.05) is 12.1 Å². The predicted molar refractivity (Wildman–Crippen MR) is 149 cm³/mol. The van der Waals surface area contributed by atoms with Crippen molar-refractivity contribution < 1.29 is 26.8 Å². The van der Waals surface area contributed by atoms with Crippen LogP contribution < -0.4 is 9.67 Å². The number of nitrogens with one attached hydrogen (secondary N) is 1. The molecule has 3 aromatic rings. The van der Waals surface area contributed by atoms with Crippen LogP contribution in [0.3, 0.4) is 0 Å². The van der Waals surface area contributed by atoms with Crippen LogP contribution in [0, 0.1) is 10.1 Å². The summed E-state index contributed by atoms with van der Waals surface area (Å²) in [5.41, 5.74) is 0.895. The van der Waals surface area contributed by atoms with Crippen LogP contribution in [-0.2, 0) is 15.0 Å². The van der Waals surface area contributed by atoms with Crippen molar-refractivity contribution in [2.45, 2.75) is 39.0 Å². The van der Waals surface area contributed by atoms with Crippen molar-refractivity contribution in [3.05, 3.63) is 79.2 Å². The minimum absolute atomic E-state index is 0. The molecular weight excluding hydrogens is 653 g/mol. The summed E-state index contributed by atoms with van der Waals surface area (Å²) >= 11 is 2.48. The van der Waals surface area contributed by atoms with Crippen LogP contribution in [-0.4, -0.2) is 49.8 Å². The Hall–Kier alpha value is -2.21. The largest absolute Gasteiger partial charge is 0.265 e. The minimum Gasteiger partial charge on any atom is -0.265 e. The molecule has 1 amide bonds. The normalized spacial score (nSPS) is 11.5. The zero-order valence-corrected chi connectivity index (χ0v) is 25.2. The molecule has 0 saturated heterocycles. The quantitative estimate of drug-likeness (QED) is 0.114. The number of carbonyl (C=O) groups excluding carboxylic acids is 1. The number of nitrogens with zero attached hydrogens (tertiary/aromatic N) is 2. The Labute approximate surface area is 236 Å². The standard InChI is InChI=1S/C15H17ClN2O2S.C8H10AsNO5.BrH/c1-2-3-4-15-17-9-14(21-15)13(10-18(19)20)11-5-7-12(16)8-6-11;1-5(11)10-7-4-6(9(13,14)15)2-3-8(7)12;/h5-9,13H,2-4,10H2,1H3;2-4,12H,1H3,(H,10,11)(H2,13,14,15);1H. The van der Waals surface area contributed by atoms with Gasteiger partial charge in [-0.2, -0.15) is 0 Å². The van der Waals surface area contributed by atoms with Crippen LogP contribution in [0.1, 0.15) is 48.1 Å². The molecule has 0 bridgehead atoms. The molecule has 0 aliphatic carbocycles. The molecule has 0 aliphatic rings. The van der Waals surface area contributed by atoms with Crippen molar-refractivity contribution in [3.8, 4) is 5.75 Å². The monoisotopic (exact) mass is 679 g/mol. The van der Waals surface area contributed by atoms with Gasteiger partial charge in [-0.15, -0.1) is 28.3 Å². The van der Waals surface area contributed by atoms with Crippen LogP contribution in [0.15, 0.2) is 48.7 Å². The van der Waals surface area contributed by atoms with Gasteiger partial charge in [0.15, 0.2) is 0 Å². The molecule has 0 saturated carbocycles. The van der Waals surface area contributed by atoms with Gasteiger partial charge in [0.05, 0.1) is 10.9 Å². The number of halogens is 2. The van der Waals surface area contributed by atoms with Crippen molar-refractivity contribution in [3.63, 3.8) is 0 Å². The zero-order valence-electron chi connectivity index (χ0n) is 20.0. The van der Waals surface area contributed by atoms with Gasteiger partial charge in [0, 0.05) is 21.0 Å². The molecule has 1 unspecified atom stereocenters. The average molecular weight is 681 g/mol. The molecule has 1 atom stereocenters. The fourth-order valence-electron chi connectivity index (χ4n) is 3.13. The third-order valence-electron chi connectivity index (χ3n) is 4.89. The number of hydrogen-bond acceptors (Lipinski definition) is 7. The van der Waals surface area contributed by atoms with Gasteiger partial charge in [0.2, 0.25) is 6.54 Å². The fraction of sp³-hybridized carbons (Fsp3) is 0.304. The van der Waals surface area contributed by atoms with E-state index in [0.29, 0.717) is 5.02 Å². The number of aryl methyl sites for hydroxylation is 1. The third-order valence-corrected chi connectivity index (χ3v) is 8.31. The van der Waals surface area contributed by atoms with Crippen molar-refractivity contribution in [1.82, 2.24) is 4.98 Å². The summed E-state index contributed by atoms with van der Waals surface area (Å²) in [6.45, 7) is 3.24. The number of rotatable bonds is 9. The number of phenols is 1. The van der Waals surface area contributed by atoms with Crippen molar-refractivity contribution in [2.24, 2.45) is 0 Å². The second-order valence-electron chi connectivity index (χ2n) is 7.81. The van der Waals surface area contributed by atoms with E-state index in [1.165, 1.54) is 6.92 Å². The first-order valence-electron chi connectivity index (χ1n) is 10.9. The number of amides is 1. The van der Waals surface area contributed by atoms with Crippen LogP contribution in [0.4, 0.5) is 5.69 Å². The van der Waals surface area contributed by atoms with Crippen LogP contribution in [0.5, 0.6) is 5.75 Å². The number of nitro groups is 1. The van der Waals surface area contributed by atoms with E-state index in [-0.39, 0.29) is 50.2 Å². The number of aromatic nitrogens is 1. The molecule has 37 heavy (non-hydrogen) atoms. The first-order valence-corrected chi connectivity index (χ1v) is 15.5.